The normalized spacial score (nSPS) is 16.8. The molecule has 1 aliphatic heterocycles. The van der Waals surface area contributed by atoms with Crippen LogP contribution in [0.2, 0.25) is 0 Å². The highest BCUT2D eigenvalue weighted by Gasteiger charge is 2.10. The van der Waals surface area contributed by atoms with E-state index in [9.17, 15) is 5.11 Å². The topological polar surface area (TPSA) is 57.7 Å². The van der Waals surface area contributed by atoms with E-state index >= 15 is 0 Å². The van der Waals surface area contributed by atoms with E-state index in [0.29, 0.717) is 6.61 Å². The fraction of sp³-hybridized carbons (Fsp3) is 0.429. The number of ether oxygens (including phenoxy) is 2. The first-order valence-electron chi connectivity index (χ1n) is 6.56. The van der Waals surface area contributed by atoms with Gasteiger partial charge in [0.1, 0.15) is 12.4 Å². The number of nitrogens with zero attached hydrogens (tertiary/aromatic N) is 1. The largest absolute Gasteiger partial charge is 0.494 e. The minimum absolute atomic E-state index is 0.189. The monoisotopic (exact) mass is 262 g/mol. The van der Waals surface area contributed by atoms with Crippen LogP contribution >= 0.6 is 0 Å². The van der Waals surface area contributed by atoms with Gasteiger partial charge in [-0.25, -0.2) is 0 Å². The molecule has 0 unspecified atom stereocenters. The molecule has 0 bridgehead atoms. The number of hydrogen-bond donors (Lipinski definition) is 2. The molecule has 1 saturated heterocycles. The van der Waals surface area contributed by atoms with Crippen LogP contribution < -0.4 is 4.74 Å². The van der Waals surface area contributed by atoms with Crippen LogP contribution in [0.1, 0.15) is 0 Å². The molecule has 3 rings (SSSR count). The molecule has 102 valence electrons. The predicted octanol–water partition coefficient (Wildman–Crippen LogP) is 1.58. The van der Waals surface area contributed by atoms with Gasteiger partial charge in [0.25, 0.3) is 0 Å². The molecule has 2 N–H and O–H groups in total. The number of aromatic hydroxyl groups is 1. The number of hydrogen-bond acceptors (Lipinski definition) is 4. The van der Waals surface area contributed by atoms with E-state index in [1.54, 1.807) is 6.20 Å². The first-order chi connectivity index (χ1) is 9.33. The number of morpholine rings is 1. The standard InChI is InChI=1S/C14H18N2O3/c17-14-13-9-12(2-1-11(13)10-15-14)19-8-5-16-3-6-18-7-4-16/h1-2,9-10,15,17H,3-8H2. The van der Waals surface area contributed by atoms with Crippen LogP contribution in [0.5, 0.6) is 11.6 Å². The Labute approximate surface area is 111 Å². The highest BCUT2D eigenvalue weighted by molar-refractivity contribution is 5.88. The van der Waals surface area contributed by atoms with Crippen LogP contribution in [-0.4, -0.2) is 54.4 Å². The highest BCUT2D eigenvalue weighted by atomic mass is 16.5. The number of aromatic nitrogens is 1. The summed E-state index contributed by atoms with van der Waals surface area (Å²) in [4.78, 5) is 5.12. The number of nitrogens with one attached hydrogen (secondary N) is 1. The van der Waals surface area contributed by atoms with Crippen molar-refractivity contribution in [3.8, 4) is 11.6 Å². The van der Waals surface area contributed by atoms with Gasteiger partial charge in [0.05, 0.1) is 13.2 Å². The summed E-state index contributed by atoms with van der Waals surface area (Å²) in [6, 6.07) is 5.73. The molecular formula is C14H18N2O3. The number of aromatic amines is 1. The summed E-state index contributed by atoms with van der Waals surface area (Å²) in [6.07, 6.45) is 1.78. The Hall–Kier alpha value is -1.72. The third kappa shape index (κ3) is 2.83. The fourth-order valence-corrected chi connectivity index (χ4v) is 2.30. The minimum Gasteiger partial charge on any atom is -0.494 e. The molecule has 1 aromatic heterocycles. The molecule has 0 saturated carbocycles. The van der Waals surface area contributed by atoms with Gasteiger partial charge in [0.15, 0.2) is 5.88 Å². The first kappa shape index (κ1) is 12.3. The lowest BCUT2D eigenvalue weighted by Crippen LogP contribution is -2.38. The molecule has 1 aliphatic rings. The maximum Gasteiger partial charge on any atom is 0.196 e. The Kier molecular flexibility index (Phi) is 3.57. The van der Waals surface area contributed by atoms with Crippen LogP contribution in [0.4, 0.5) is 0 Å². The van der Waals surface area contributed by atoms with E-state index in [1.165, 1.54) is 0 Å². The molecule has 2 aromatic rings. The van der Waals surface area contributed by atoms with Crippen LogP contribution in [-0.2, 0) is 4.74 Å². The number of fused-ring (bicyclic) bond motifs is 1. The van der Waals surface area contributed by atoms with Crippen molar-refractivity contribution in [1.82, 2.24) is 9.88 Å². The average Bonchev–Trinajstić information content (AvgIpc) is 2.82. The Bertz CT molecular complexity index is 547. The molecular weight excluding hydrogens is 244 g/mol. The van der Waals surface area contributed by atoms with E-state index < -0.39 is 0 Å². The van der Waals surface area contributed by atoms with Crippen molar-refractivity contribution in [3.05, 3.63) is 24.4 Å². The van der Waals surface area contributed by atoms with Crippen LogP contribution in [0.25, 0.3) is 10.8 Å². The summed E-state index contributed by atoms with van der Waals surface area (Å²) in [7, 11) is 0. The summed E-state index contributed by atoms with van der Waals surface area (Å²) in [5.41, 5.74) is 0. The zero-order chi connectivity index (χ0) is 13.1. The van der Waals surface area contributed by atoms with Gasteiger partial charge in [0, 0.05) is 36.6 Å². The second kappa shape index (κ2) is 5.50. The molecule has 5 nitrogen and oxygen atoms in total. The number of rotatable bonds is 4. The van der Waals surface area contributed by atoms with Crippen LogP contribution in [0.15, 0.2) is 24.4 Å². The van der Waals surface area contributed by atoms with Gasteiger partial charge in [0.2, 0.25) is 0 Å². The quantitative estimate of drug-likeness (QED) is 0.878. The fourth-order valence-electron chi connectivity index (χ4n) is 2.30. The highest BCUT2D eigenvalue weighted by Crippen LogP contribution is 2.27. The van der Waals surface area contributed by atoms with Crippen molar-refractivity contribution in [3.63, 3.8) is 0 Å². The summed E-state index contributed by atoms with van der Waals surface area (Å²) >= 11 is 0. The second-order valence-corrected chi connectivity index (χ2v) is 4.69. The zero-order valence-corrected chi connectivity index (χ0v) is 10.8. The molecule has 0 spiro atoms. The molecule has 2 heterocycles. The van der Waals surface area contributed by atoms with Crippen LogP contribution in [0.3, 0.4) is 0 Å². The Morgan fingerprint density at radius 3 is 3.00 bits per heavy atom. The molecule has 5 heteroatoms. The lowest BCUT2D eigenvalue weighted by Gasteiger charge is -2.26. The minimum atomic E-state index is 0.189. The van der Waals surface area contributed by atoms with Gasteiger partial charge < -0.3 is 19.6 Å². The number of benzene rings is 1. The second-order valence-electron chi connectivity index (χ2n) is 4.69. The third-order valence-corrected chi connectivity index (χ3v) is 3.42. The third-order valence-electron chi connectivity index (χ3n) is 3.42. The zero-order valence-electron chi connectivity index (χ0n) is 10.8. The maximum atomic E-state index is 9.63. The molecule has 1 aromatic carbocycles. The molecule has 1 fully saturated rings. The van der Waals surface area contributed by atoms with Gasteiger partial charge >= 0.3 is 0 Å². The molecule has 0 radical (unpaired) electrons. The summed E-state index contributed by atoms with van der Waals surface area (Å²) < 4.78 is 11.0. The van der Waals surface area contributed by atoms with Gasteiger partial charge in [-0.2, -0.15) is 0 Å². The molecule has 0 amide bonds. The summed E-state index contributed by atoms with van der Waals surface area (Å²) in [6.45, 7) is 5.12. The van der Waals surface area contributed by atoms with E-state index in [2.05, 4.69) is 9.88 Å². The van der Waals surface area contributed by atoms with Crippen LogP contribution in [0, 0.1) is 0 Å². The van der Waals surface area contributed by atoms with Crippen molar-refractivity contribution in [1.29, 1.82) is 0 Å². The van der Waals surface area contributed by atoms with Gasteiger partial charge in [-0.3, -0.25) is 4.90 Å². The van der Waals surface area contributed by atoms with Crippen molar-refractivity contribution in [2.75, 3.05) is 39.5 Å². The Balaban J connectivity index is 1.57. The van der Waals surface area contributed by atoms with Gasteiger partial charge in [-0.1, -0.05) is 0 Å². The first-order valence-corrected chi connectivity index (χ1v) is 6.56. The SMILES string of the molecule is Oc1[nH]cc2ccc(OCCN3CCOCC3)cc12. The summed E-state index contributed by atoms with van der Waals surface area (Å²) in [5.74, 6) is 0.976. The lowest BCUT2D eigenvalue weighted by atomic mass is 10.2. The average molecular weight is 262 g/mol. The number of H-pyrrole nitrogens is 1. The van der Waals surface area contributed by atoms with E-state index in [4.69, 9.17) is 9.47 Å². The van der Waals surface area contributed by atoms with Crippen molar-refractivity contribution < 1.29 is 14.6 Å². The van der Waals surface area contributed by atoms with Crippen molar-refractivity contribution in [2.24, 2.45) is 0 Å². The van der Waals surface area contributed by atoms with Gasteiger partial charge in [-0.15, -0.1) is 0 Å². The Morgan fingerprint density at radius 2 is 2.16 bits per heavy atom. The Morgan fingerprint density at radius 1 is 1.32 bits per heavy atom. The lowest BCUT2D eigenvalue weighted by molar-refractivity contribution is 0.0322. The van der Waals surface area contributed by atoms with Crippen molar-refractivity contribution in [2.45, 2.75) is 0 Å². The van der Waals surface area contributed by atoms with E-state index in [1.807, 2.05) is 18.2 Å². The molecule has 19 heavy (non-hydrogen) atoms. The predicted molar refractivity (Wildman–Crippen MR) is 72.7 cm³/mol. The molecule has 0 atom stereocenters. The van der Waals surface area contributed by atoms with Gasteiger partial charge in [-0.05, 0) is 18.2 Å². The van der Waals surface area contributed by atoms with E-state index in [-0.39, 0.29) is 5.88 Å². The summed E-state index contributed by atoms with van der Waals surface area (Å²) in [5, 5.41) is 11.4. The van der Waals surface area contributed by atoms with E-state index in [0.717, 1.165) is 49.4 Å². The van der Waals surface area contributed by atoms with Crippen molar-refractivity contribution >= 4 is 10.8 Å². The maximum absolute atomic E-state index is 9.63. The molecule has 0 aliphatic carbocycles. The smallest absolute Gasteiger partial charge is 0.196 e.